The highest BCUT2D eigenvalue weighted by Gasteiger charge is 2.08. The highest BCUT2D eigenvalue weighted by Crippen LogP contribution is 2.31. The van der Waals surface area contributed by atoms with Gasteiger partial charge in [0.1, 0.15) is 11.5 Å². The van der Waals surface area contributed by atoms with Crippen LogP contribution in [0.5, 0.6) is 0 Å². The SMILES string of the molecule is Cc1ccccc1NC(=O)/C=C/c1ccc(-c2ccc(Cl)cc2Cl)o1. The van der Waals surface area contributed by atoms with Gasteiger partial charge >= 0.3 is 0 Å². The Labute approximate surface area is 155 Å². The lowest BCUT2D eigenvalue weighted by molar-refractivity contribution is -0.111. The van der Waals surface area contributed by atoms with Crippen molar-refractivity contribution in [2.75, 3.05) is 5.32 Å². The Kier molecular flexibility index (Phi) is 5.27. The molecule has 0 unspecified atom stereocenters. The predicted molar refractivity (Wildman–Crippen MR) is 103 cm³/mol. The van der Waals surface area contributed by atoms with Crippen LogP contribution < -0.4 is 5.32 Å². The highest BCUT2D eigenvalue weighted by atomic mass is 35.5. The van der Waals surface area contributed by atoms with Crippen LogP contribution in [0.3, 0.4) is 0 Å². The fourth-order valence-electron chi connectivity index (χ4n) is 2.32. The number of anilines is 1. The molecule has 5 heteroatoms. The van der Waals surface area contributed by atoms with Crippen LogP contribution in [0.4, 0.5) is 5.69 Å². The largest absolute Gasteiger partial charge is 0.457 e. The molecule has 1 aromatic heterocycles. The van der Waals surface area contributed by atoms with E-state index >= 15 is 0 Å². The first-order valence-electron chi connectivity index (χ1n) is 7.63. The summed E-state index contributed by atoms with van der Waals surface area (Å²) in [5.41, 5.74) is 2.53. The number of amides is 1. The number of carbonyl (C=O) groups excluding carboxylic acids is 1. The van der Waals surface area contributed by atoms with Gasteiger partial charge in [0.05, 0.1) is 5.02 Å². The van der Waals surface area contributed by atoms with Crippen LogP contribution in [0, 0.1) is 6.92 Å². The molecular formula is C20H15Cl2NO2. The normalized spacial score (nSPS) is 11.0. The smallest absolute Gasteiger partial charge is 0.248 e. The summed E-state index contributed by atoms with van der Waals surface area (Å²) >= 11 is 12.1. The summed E-state index contributed by atoms with van der Waals surface area (Å²) in [6, 6.07) is 16.4. The first kappa shape index (κ1) is 17.3. The quantitative estimate of drug-likeness (QED) is 0.553. The molecule has 0 bridgehead atoms. The van der Waals surface area contributed by atoms with Gasteiger partial charge < -0.3 is 9.73 Å². The first-order chi connectivity index (χ1) is 12.0. The van der Waals surface area contributed by atoms with E-state index in [4.69, 9.17) is 27.6 Å². The third-order valence-electron chi connectivity index (χ3n) is 3.63. The van der Waals surface area contributed by atoms with Gasteiger partial charge in [-0.25, -0.2) is 0 Å². The zero-order valence-corrected chi connectivity index (χ0v) is 14.9. The molecule has 0 aliphatic carbocycles. The van der Waals surface area contributed by atoms with E-state index in [9.17, 15) is 4.79 Å². The van der Waals surface area contributed by atoms with E-state index in [1.54, 1.807) is 36.4 Å². The minimum Gasteiger partial charge on any atom is -0.457 e. The van der Waals surface area contributed by atoms with Crippen molar-refractivity contribution >= 4 is 40.9 Å². The standard InChI is InChI=1S/C20H15Cl2NO2/c1-13-4-2-3-5-18(13)23-20(24)11-8-15-7-10-19(25-15)16-9-6-14(21)12-17(16)22/h2-12H,1H3,(H,23,24)/b11-8+. The Bertz CT molecular complexity index is 944. The van der Waals surface area contributed by atoms with Gasteiger partial charge in [0.2, 0.25) is 5.91 Å². The Morgan fingerprint density at radius 1 is 1.08 bits per heavy atom. The van der Waals surface area contributed by atoms with Crippen LogP contribution in [-0.2, 0) is 4.79 Å². The predicted octanol–water partition coefficient (Wildman–Crippen LogP) is 6.21. The molecule has 3 aromatic rings. The Hall–Kier alpha value is -2.49. The Morgan fingerprint density at radius 3 is 2.64 bits per heavy atom. The fourth-order valence-corrected chi connectivity index (χ4v) is 2.82. The van der Waals surface area contributed by atoms with E-state index < -0.39 is 0 Å². The number of para-hydroxylation sites is 1. The second-order valence-corrected chi connectivity index (χ2v) is 6.31. The minimum atomic E-state index is -0.225. The van der Waals surface area contributed by atoms with E-state index in [-0.39, 0.29) is 5.91 Å². The molecule has 1 heterocycles. The number of halogens is 2. The number of carbonyl (C=O) groups is 1. The summed E-state index contributed by atoms with van der Waals surface area (Å²) in [7, 11) is 0. The molecule has 2 aromatic carbocycles. The monoisotopic (exact) mass is 371 g/mol. The van der Waals surface area contributed by atoms with E-state index in [0.717, 1.165) is 16.8 Å². The third-order valence-corrected chi connectivity index (χ3v) is 4.17. The van der Waals surface area contributed by atoms with Crippen molar-refractivity contribution in [2.45, 2.75) is 6.92 Å². The molecule has 0 atom stereocenters. The molecule has 1 amide bonds. The Morgan fingerprint density at radius 2 is 1.88 bits per heavy atom. The van der Waals surface area contributed by atoms with Gasteiger partial charge in [-0.15, -0.1) is 0 Å². The molecule has 0 saturated heterocycles. The number of rotatable bonds is 4. The van der Waals surface area contributed by atoms with Gasteiger partial charge in [0.15, 0.2) is 0 Å². The number of nitrogens with one attached hydrogen (secondary N) is 1. The highest BCUT2D eigenvalue weighted by molar-refractivity contribution is 6.36. The molecular weight excluding hydrogens is 357 g/mol. The van der Waals surface area contributed by atoms with Crippen LogP contribution in [0.15, 0.2) is 65.1 Å². The molecule has 25 heavy (non-hydrogen) atoms. The summed E-state index contributed by atoms with van der Waals surface area (Å²) in [4.78, 5) is 12.0. The molecule has 0 spiro atoms. The van der Waals surface area contributed by atoms with E-state index in [1.165, 1.54) is 6.08 Å². The van der Waals surface area contributed by atoms with Crippen LogP contribution in [0.25, 0.3) is 17.4 Å². The van der Waals surface area contributed by atoms with Gasteiger partial charge in [-0.05, 0) is 55.0 Å². The maximum atomic E-state index is 12.0. The van der Waals surface area contributed by atoms with Crippen molar-refractivity contribution in [1.82, 2.24) is 0 Å². The topological polar surface area (TPSA) is 42.2 Å². The third kappa shape index (κ3) is 4.32. The summed E-state index contributed by atoms with van der Waals surface area (Å²) in [5, 5.41) is 3.90. The van der Waals surface area contributed by atoms with Crippen LogP contribution in [-0.4, -0.2) is 5.91 Å². The number of hydrogen-bond acceptors (Lipinski definition) is 2. The summed E-state index contributed by atoms with van der Waals surface area (Å²) < 4.78 is 5.72. The first-order valence-corrected chi connectivity index (χ1v) is 8.38. The van der Waals surface area contributed by atoms with Crippen LogP contribution in [0.1, 0.15) is 11.3 Å². The number of aryl methyl sites for hydroxylation is 1. The molecule has 0 fully saturated rings. The summed E-state index contributed by atoms with van der Waals surface area (Å²) in [6.45, 7) is 1.94. The van der Waals surface area contributed by atoms with Crippen molar-refractivity contribution < 1.29 is 9.21 Å². The number of benzene rings is 2. The zero-order chi connectivity index (χ0) is 17.8. The molecule has 0 radical (unpaired) electrons. The van der Waals surface area contributed by atoms with Crippen molar-refractivity contribution in [2.24, 2.45) is 0 Å². The second-order valence-electron chi connectivity index (χ2n) is 5.46. The van der Waals surface area contributed by atoms with Gasteiger partial charge in [0.25, 0.3) is 0 Å². The molecule has 0 aliphatic rings. The fraction of sp³-hybridized carbons (Fsp3) is 0.0500. The lowest BCUT2D eigenvalue weighted by Gasteiger charge is -2.04. The second kappa shape index (κ2) is 7.60. The summed E-state index contributed by atoms with van der Waals surface area (Å²) in [6.07, 6.45) is 3.04. The molecule has 126 valence electrons. The average molecular weight is 372 g/mol. The molecule has 0 aliphatic heterocycles. The van der Waals surface area contributed by atoms with Gasteiger partial charge in [-0.2, -0.15) is 0 Å². The van der Waals surface area contributed by atoms with Gasteiger partial charge in [-0.3, -0.25) is 4.79 Å². The van der Waals surface area contributed by atoms with Crippen molar-refractivity contribution in [1.29, 1.82) is 0 Å². The minimum absolute atomic E-state index is 0.225. The Balaban J connectivity index is 1.71. The lowest BCUT2D eigenvalue weighted by Crippen LogP contribution is -2.08. The van der Waals surface area contributed by atoms with Crippen molar-refractivity contribution in [3.63, 3.8) is 0 Å². The summed E-state index contributed by atoms with van der Waals surface area (Å²) in [5.74, 6) is 0.943. The van der Waals surface area contributed by atoms with Crippen molar-refractivity contribution in [3.8, 4) is 11.3 Å². The van der Waals surface area contributed by atoms with E-state index in [0.29, 0.717) is 21.6 Å². The average Bonchev–Trinajstić information content (AvgIpc) is 3.04. The number of furan rings is 1. The zero-order valence-electron chi connectivity index (χ0n) is 13.4. The lowest BCUT2D eigenvalue weighted by atomic mass is 10.2. The van der Waals surface area contributed by atoms with Crippen LogP contribution >= 0.6 is 23.2 Å². The maximum Gasteiger partial charge on any atom is 0.248 e. The maximum absolute atomic E-state index is 12.0. The van der Waals surface area contributed by atoms with E-state index in [2.05, 4.69) is 5.32 Å². The van der Waals surface area contributed by atoms with E-state index in [1.807, 2.05) is 31.2 Å². The van der Waals surface area contributed by atoms with Gasteiger partial charge in [0, 0.05) is 22.3 Å². The number of hydrogen-bond donors (Lipinski definition) is 1. The van der Waals surface area contributed by atoms with Gasteiger partial charge in [-0.1, -0.05) is 41.4 Å². The molecule has 3 rings (SSSR count). The van der Waals surface area contributed by atoms with Crippen LogP contribution in [0.2, 0.25) is 10.0 Å². The van der Waals surface area contributed by atoms with Crippen molar-refractivity contribution in [3.05, 3.63) is 82.0 Å². The molecule has 3 nitrogen and oxygen atoms in total. The molecule has 1 N–H and O–H groups in total. The molecule has 0 saturated carbocycles.